The van der Waals surface area contributed by atoms with Crippen molar-refractivity contribution in [3.05, 3.63) is 65.2 Å². The number of hydrogen-bond donors (Lipinski definition) is 0. The van der Waals surface area contributed by atoms with Crippen molar-refractivity contribution in [3.63, 3.8) is 0 Å². The summed E-state index contributed by atoms with van der Waals surface area (Å²) in [5, 5.41) is 0. The van der Waals surface area contributed by atoms with Gasteiger partial charge < -0.3 is 9.47 Å². The lowest BCUT2D eigenvalue weighted by atomic mass is 9.96. The number of halogens is 2. The lowest BCUT2D eigenvalue weighted by molar-refractivity contribution is -0.149. The molecule has 0 fully saturated rings. The van der Waals surface area contributed by atoms with E-state index in [0.29, 0.717) is 17.7 Å². The molecule has 0 saturated heterocycles. The molecule has 2 rings (SSSR count). The van der Waals surface area contributed by atoms with E-state index in [0.717, 1.165) is 0 Å². The van der Waals surface area contributed by atoms with Crippen LogP contribution in [0.1, 0.15) is 24.5 Å². The van der Waals surface area contributed by atoms with Gasteiger partial charge in [-0.3, -0.25) is 9.59 Å². The summed E-state index contributed by atoms with van der Waals surface area (Å²) in [7, 11) is 1.25. The van der Waals surface area contributed by atoms with Crippen molar-refractivity contribution in [1.29, 1.82) is 0 Å². The Balaban J connectivity index is 1.98. The molecule has 6 heteroatoms. The molecule has 0 aromatic heterocycles. The van der Waals surface area contributed by atoms with Crippen LogP contribution in [0.15, 0.2) is 42.5 Å². The number of ether oxygens (including phenoxy) is 2. The van der Waals surface area contributed by atoms with E-state index in [1.807, 2.05) is 0 Å². The van der Waals surface area contributed by atoms with Crippen molar-refractivity contribution in [2.45, 2.75) is 26.4 Å². The molecule has 0 radical (unpaired) electrons. The first-order valence-corrected chi connectivity index (χ1v) is 8.21. The zero-order chi connectivity index (χ0) is 19.1. The van der Waals surface area contributed by atoms with Crippen molar-refractivity contribution in [1.82, 2.24) is 0 Å². The number of rotatable bonds is 8. The molecule has 0 amide bonds. The highest BCUT2D eigenvalue weighted by molar-refractivity contribution is 5.99. The molecule has 0 aliphatic heterocycles. The Hall–Kier alpha value is -2.76. The molecule has 0 aliphatic rings. The molecular weight excluding hydrogens is 342 g/mol. The minimum absolute atomic E-state index is 0.0931. The molecule has 0 heterocycles. The van der Waals surface area contributed by atoms with Crippen molar-refractivity contribution >= 4 is 11.8 Å². The van der Waals surface area contributed by atoms with Gasteiger partial charge in [-0.25, -0.2) is 8.78 Å². The number of Topliss-reactive ketones (excluding diaryl/α,β-unsaturated/α-hetero) is 1. The first-order chi connectivity index (χ1) is 12.5. The smallest absolute Gasteiger partial charge is 0.316 e. The van der Waals surface area contributed by atoms with Gasteiger partial charge in [0.05, 0.1) is 12.7 Å². The molecular formula is C20H20F2O4. The monoisotopic (exact) mass is 362 g/mol. The van der Waals surface area contributed by atoms with Crippen LogP contribution in [0.2, 0.25) is 0 Å². The Morgan fingerprint density at radius 1 is 1.04 bits per heavy atom. The van der Waals surface area contributed by atoms with Crippen LogP contribution in [0.25, 0.3) is 0 Å². The van der Waals surface area contributed by atoms with E-state index in [4.69, 9.17) is 4.74 Å². The SMILES string of the molecule is CCC(C(=O)Cc1ccc(OCc2c(F)cccc2F)cc1)C(=O)OC. The second-order valence-corrected chi connectivity index (χ2v) is 5.76. The summed E-state index contributed by atoms with van der Waals surface area (Å²) in [6.45, 7) is 1.51. The fraction of sp³-hybridized carbons (Fsp3) is 0.300. The minimum Gasteiger partial charge on any atom is -0.489 e. The van der Waals surface area contributed by atoms with E-state index < -0.39 is 23.5 Å². The second kappa shape index (κ2) is 9.08. The fourth-order valence-corrected chi connectivity index (χ4v) is 2.52. The highest BCUT2D eigenvalue weighted by Gasteiger charge is 2.25. The van der Waals surface area contributed by atoms with Gasteiger partial charge in [-0.1, -0.05) is 25.1 Å². The third kappa shape index (κ3) is 4.88. The summed E-state index contributed by atoms with van der Waals surface area (Å²) in [6, 6.07) is 10.2. The maximum absolute atomic E-state index is 13.6. The average Bonchev–Trinajstić information content (AvgIpc) is 2.63. The maximum Gasteiger partial charge on any atom is 0.316 e. The Labute approximate surface area is 150 Å². The highest BCUT2D eigenvalue weighted by atomic mass is 19.1. The predicted octanol–water partition coefficient (Wildman–Crippen LogP) is 3.85. The predicted molar refractivity (Wildman–Crippen MR) is 91.6 cm³/mol. The topological polar surface area (TPSA) is 52.6 Å². The molecule has 2 aromatic rings. The van der Waals surface area contributed by atoms with E-state index in [1.165, 1.54) is 25.3 Å². The Morgan fingerprint density at radius 3 is 2.19 bits per heavy atom. The van der Waals surface area contributed by atoms with Gasteiger partial charge in [-0.15, -0.1) is 0 Å². The normalized spacial score (nSPS) is 11.7. The lowest BCUT2D eigenvalue weighted by Gasteiger charge is -2.12. The minimum atomic E-state index is -0.778. The summed E-state index contributed by atoms with van der Waals surface area (Å²) in [4.78, 5) is 23.8. The van der Waals surface area contributed by atoms with E-state index >= 15 is 0 Å². The zero-order valence-electron chi connectivity index (χ0n) is 14.6. The quantitative estimate of drug-likeness (QED) is 0.529. The van der Waals surface area contributed by atoms with Gasteiger partial charge in [0.15, 0.2) is 5.78 Å². The van der Waals surface area contributed by atoms with E-state index in [2.05, 4.69) is 4.74 Å². The molecule has 0 saturated carbocycles. The average molecular weight is 362 g/mol. The number of hydrogen-bond acceptors (Lipinski definition) is 4. The Morgan fingerprint density at radius 2 is 1.65 bits per heavy atom. The van der Waals surface area contributed by atoms with Gasteiger partial charge in [0, 0.05) is 6.42 Å². The number of carbonyl (C=O) groups excluding carboxylic acids is 2. The second-order valence-electron chi connectivity index (χ2n) is 5.76. The fourth-order valence-electron chi connectivity index (χ4n) is 2.52. The summed E-state index contributed by atoms with van der Waals surface area (Å²) in [5.41, 5.74) is 0.567. The van der Waals surface area contributed by atoms with Gasteiger partial charge in [0.25, 0.3) is 0 Å². The van der Waals surface area contributed by atoms with Crippen LogP contribution < -0.4 is 4.74 Å². The van der Waals surface area contributed by atoms with Crippen LogP contribution in [-0.2, 0) is 27.4 Å². The van der Waals surface area contributed by atoms with Crippen LogP contribution in [0.3, 0.4) is 0 Å². The van der Waals surface area contributed by atoms with Gasteiger partial charge >= 0.3 is 5.97 Å². The number of methoxy groups -OCH3 is 1. The van der Waals surface area contributed by atoms with E-state index in [9.17, 15) is 18.4 Å². The first-order valence-electron chi connectivity index (χ1n) is 8.21. The van der Waals surface area contributed by atoms with Gasteiger partial charge in [-0.2, -0.15) is 0 Å². The van der Waals surface area contributed by atoms with Crippen molar-refractivity contribution in [2.24, 2.45) is 5.92 Å². The van der Waals surface area contributed by atoms with Crippen molar-refractivity contribution < 1.29 is 27.8 Å². The van der Waals surface area contributed by atoms with Crippen LogP contribution in [0, 0.1) is 17.6 Å². The van der Waals surface area contributed by atoms with Crippen LogP contribution in [0.5, 0.6) is 5.75 Å². The first kappa shape index (κ1) is 19.6. The van der Waals surface area contributed by atoms with Gasteiger partial charge in [0.2, 0.25) is 0 Å². The zero-order valence-corrected chi connectivity index (χ0v) is 14.6. The molecule has 0 aliphatic carbocycles. The lowest BCUT2D eigenvalue weighted by Crippen LogP contribution is -2.26. The standard InChI is InChI=1S/C20H20F2O4/c1-3-15(20(24)25-2)19(23)11-13-7-9-14(10-8-13)26-12-16-17(21)5-4-6-18(16)22/h4-10,15H,3,11-12H2,1-2H3. The summed E-state index contributed by atoms with van der Waals surface area (Å²) >= 11 is 0. The molecule has 1 atom stereocenters. The van der Waals surface area contributed by atoms with Crippen LogP contribution in [0.4, 0.5) is 8.78 Å². The molecule has 138 valence electrons. The van der Waals surface area contributed by atoms with Crippen LogP contribution in [-0.4, -0.2) is 18.9 Å². The number of esters is 1. The Bertz CT molecular complexity index is 752. The van der Waals surface area contributed by atoms with Crippen LogP contribution >= 0.6 is 0 Å². The molecule has 0 bridgehead atoms. The van der Waals surface area contributed by atoms with Crippen molar-refractivity contribution in [3.8, 4) is 5.75 Å². The highest BCUT2D eigenvalue weighted by Crippen LogP contribution is 2.19. The summed E-state index contributed by atoms with van der Waals surface area (Å²) < 4.78 is 37.2. The van der Waals surface area contributed by atoms with E-state index in [-0.39, 0.29) is 24.4 Å². The maximum atomic E-state index is 13.6. The van der Waals surface area contributed by atoms with Gasteiger partial charge in [0.1, 0.15) is 29.9 Å². The molecule has 4 nitrogen and oxygen atoms in total. The largest absolute Gasteiger partial charge is 0.489 e. The summed E-state index contributed by atoms with van der Waals surface area (Å²) in [6.07, 6.45) is 0.469. The van der Waals surface area contributed by atoms with Gasteiger partial charge in [-0.05, 0) is 36.2 Å². The molecule has 1 unspecified atom stereocenters. The number of ketones is 1. The molecule has 2 aromatic carbocycles. The summed E-state index contributed by atoms with van der Waals surface area (Å²) in [5.74, 6) is -2.45. The Kier molecular flexibility index (Phi) is 6.83. The molecule has 0 N–H and O–H groups in total. The third-order valence-corrected chi connectivity index (χ3v) is 4.03. The van der Waals surface area contributed by atoms with E-state index in [1.54, 1.807) is 31.2 Å². The third-order valence-electron chi connectivity index (χ3n) is 4.03. The number of benzene rings is 2. The molecule has 26 heavy (non-hydrogen) atoms. The van der Waals surface area contributed by atoms with Crippen molar-refractivity contribution in [2.75, 3.05) is 7.11 Å². The number of carbonyl (C=O) groups is 2. The molecule has 0 spiro atoms.